The van der Waals surface area contributed by atoms with Crippen LogP contribution in [0.5, 0.6) is 0 Å². The molecule has 2 aromatic heterocycles. The van der Waals surface area contributed by atoms with E-state index in [9.17, 15) is 0 Å². The Kier molecular flexibility index (Phi) is 4.36. The summed E-state index contributed by atoms with van der Waals surface area (Å²) in [4.78, 5) is 10.3. The Bertz CT molecular complexity index is 768. The Balaban J connectivity index is 2.19. The van der Waals surface area contributed by atoms with Gasteiger partial charge in [-0.25, -0.2) is 9.97 Å². The van der Waals surface area contributed by atoms with Gasteiger partial charge in [-0.05, 0) is 19.4 Å². The van der Waals surface area contributed by atoms with Crippen LogP contribution < -0.4 is 5.32 Å². The van der Waals surface area contributed by atoms with Crippen molar-refractivity contribution in [3.8, 4) is 11.1 Å². The molecule has 1 N–H and O–H groups in total. The van der Waals surface area contributed by atoms with Gasteiger partial charge in [0, 0.05) is 24.1 Å². The number of anilines is 1. The highest BCUT2D eigenvalue weighted by molar-refractivity contribution is 7.17. The van der Waals surface area contributed by atoms with Crippen LogP contribution in [0.15, 0.2) is 35.7 Å². The first-order valence-electron chi connectivity index (χ1n) is 7.28. The maximum absolute atomic E-state index is 5.18. The molecule has 0 aliphatic carbocycles. The summed E-state index contributed by atoms with van der Waals surface area (Å²) >= 11 is 1.64. The Morgan fingerprint density at radius 2 is 1.95 bits per heavy atom. The Morgan fingerprint density at radius 3 is 2.64 bits per heavy atom. The van der Waals surface area contributed by atoms with Gasteiger partial charge in [0.2, 0.25) is 0 Å². The molecular weight excluding hydrogens is 294 g/mol. The first-order chi connectivity index (χ1) is 10.7. The summed E-state index contributed by atoms with van der Waals surface area (Å²) in [6.45, 7) is 4.64. The summed E-state index contributed by atoms with van der Waals surface area (Å²) in [6, 6.07) is 10.7. The lowest BCUT2D eigenvalue weighted by molar-refractivity contribution is 0.178. The number of aromatic nitrogens is 2. The first kappa shape index (κ1) is 14.9. The molecule has 5 heteroatoms. The average molecular weight is 313 g/mol. The minimum absolute atomic E-state index is 0.303. The van der Waals surface area contributed by atoms with Gasteiger partial charge in [-0.3, -0.25) is 0 Å². The van der Waals surface area contributed by atoms with E-state index >= 15 is 0 Å². The monoisotopic (exact) mass is 313 g/mol. The molecule has 0 aliphatic heterocycles. The van der Waals surface area contributed by atoms with Crippen molar-refractivity contribution in [3.63, 3.8) is 0 Å². The quantitative estimate of drug-likeness (QED) is 0.762. The molecule has 0 amide bonds. The van der Waals surface area contributed by atoms with Gasteiger partial charge in [-0.15, -0.1) is 11.3 Å². The molecule has 0 aliphatic rings. The molecule has 0 saturated carbocycles. The number of rotatable bonds is 5. The fourth-order valence-electron chi connectivity index (χ4n) is 2.39. The van der Waals surface area contributed by atoms with E-state index < -0.39 is 0 Å². The van der Waals surface area contributed by atoms with Crippen LogP contribution in [0.25, 0.3) is 21.3 Å². The molecule has 0 fully saturated rings. The number of hydrogen-bond acceptors (Lipinski definition) is 5. The van der Waals surface area contributed by atoms with Crippen molar-refractivity contribution in [1.82, 2.24) is 9.97 Å². The van der Waals surface area contributed by atoms with Crippen molar-refractivity contribution in [1.29, 1.82) is 0 Å². The van der Waals surface area contributed by atoms with E-state index in [2.05, 4.69) is 58.8 Å². The van der Waals surface area contributed by atoms with E-state index in [-0.39, 0.29) is 0 Å². The molecule has 0 radical (unpaired) electrons. The number of benzene rings is 1. The fourth-order valence-corrected chi connectivity index (χ4v) is 3.35. The highest BCUT2D eigenvalue weighted by Gasteiger charge is 2.15. The second-order valence-corrected chi connectivity index (χ2v) is 6.27. The standard InChI is InChI=1S/C17H19N3OS/c1-11(2)18-16-15-13(12-7-5-4-6-8-12)10-22-17(15)20-14(19-16)9-21-3/h4-8,10-11H,9H2,1-3H3,(H,18,19,20). The van der Waals surface area contributed by atoms with E-state index in [0.29, 0.717) is 18.5 Å². The van der Waals surface area contributed by atoms with E-state index in [1.54, 1.807) is 18.4 Å². The van der Waals surface area contributed by atoms with E-state index in [1.807, 2.05) is 6.07 Å². The molecule has 22 heavy (non-hydrogen) atoms. The van der Waals surface area contributed by atoms with E-state index in [0.717, 1.165) is 16.0 Å². The third kappa shape index (κ3) is 2.96. The van der Waals surface area contributed by atoms with Crippen LogP contribution in [-0.4, -0.2) is 23.1 Å². The first-order valence-corrected chi connectivity index (χ1v) is 8.16. The van der Waals surface area contributed by atoms with Gasteiger partial charge in [0.15, 0.2) is 5.82 Å². The number of thiophene rings is 1. The smallest absolute Gasteiger partial charge is 0.158 e. The molecule has 0 unspecified atom stereocenters. The third-order valence-electron chi connectivity index (χ3n) is 3.26. The fraction of sp³-hybridized carbons (Fsp3) is 0.294. The van der Waals surface area contributed by atoms with Gasteiger partial charge in [0.1, 0.15) is 17.3 Å². The topological polar surface area (TPSA) is 47.0 Å². The van der Waals surface area contributed by atoms with Crippen molar-refractivity contribution < 1.29 is 4.74 Å². The van der Waals surface area contributed by atoms with Gasteiger partial charge < -0.3 is 10.1 Å². The highest BCUT2D eigenvalue weighted by Crippen LogP contribution is 2.37. The number of methoxy groups -OCH3 is 1. The molecule has 114 valence electrons. The molecule has 2 heterocycles. The molecule has 3 aromatic rings. The minimum Gasteiger partial charge on any atom is -0.377 e. The minimum atomic E-state index is 0.303. The van der Waals surface area contributed by atoms with Gasteiger partial charge in [0.05, 0.1) is 5.39 Å². The zero-order chi connectivity index (χ0) is 15.5. The zero-order valence-electron chi connectivity index (χ0n) is 13.0. The van der Waals surface area contributed by atoms with Crippen molar-refractivity contribution in [3.05, 3.63) is 41.5 Å². The van der Waals surface area contributed by atoms with Crippen LogP contribution in [-0.2, 0) is 11.3 Å². The SMILES string of the molecule is COCc1nc(NC(C)C)c2c(-c3ccccc3)csc2n1. The molecule has 4 nitrogen and oxygen atoms in total. The Labute approximate surface area is 134 Å². The summed E-state index contributed by atoms with van der Waals surface area (Å²) in [7, 11) is 1.66. The van der Waals surface area contributed by atoms with Crippen molar-refractivity contribution in [2.45, 2.75) is 26.5 Å². The second kappa shape index (κ2) is 6.42. The van der Waals surface area contributed by atoms with Gasteiger partial charge in [0.25, 0.3) is 0 Å². The maximum atomic E-state index is 5.18. The van der Waals surface area contributed by atoms with Gasteiger partial charge in [-0.1, -0.05) is 30.3 Å². The lowest BCUT2D eigenvalue weighted by Crippen LogP contribution is -2.13. The van der Waals surface area contributed by atoms with Crippen LogP contribution in [0.2, 0.25) is 0 Å². The van der Waals surface area contributed by atoms with Crippen LogP contribution in [0.3, 0.4) is 0 Å². The zero-order valence-corrected chi connectivity index (χ0v) is 13.8. The molecule has 0 bridgehead atoms. The third-order valence-corrected chi connectivity index (χ3v) is 4.14. The molecule has 0 spiro atoms. The maximum Gasteiger partial charge on any atom is 0.158 e. The summed E-state index contributed by atoms with van der Waals surface area (Å²) in [5, 5.41) is 6.68. The molecule has 3 rings (SSSR count). The summed E-state index contributed by atoms with van der Waals surface area (Å²) < 4.78 is 5.18. The average Bonchev–Trinajstić information content (AvgIpc) is 2.92. The molecule has 0 atom stereocenters. The van der Waals surface area contributed by atoms with Crippen molar-refractivity contribution in [2.24, 2.45) is 0 Å². The lowest BCUT2D eigenvalue weighted by atomic mass is 10.1. The molecule has 1 aromatic carbocycles. The summed E-state index contributed by atoms with van der Waals surface area (Å²) in [6.07, 6.45) is 0. The number of nitrogens with one attached hydrogen (secondary N) is 1. The van der Waals surface area contributed by atoms with E-state index in [1.165, 1.54) is 11.1 Å². The second-order valence-electron chi connectivity index (χ2n) is 5.42. The normalized spacial score (nSPS) is 11.3. The largest absolute Gasteiger partial charge is 0.377 e. The Hall–Kier alpha value is -1.98. The van der Waals surface area contributed by atoms with E-state index in [4.69, 9.17) is 4.74 Å². The van der Waals surface area contributed by atoms with Crippen molar-refractivity contribution in [2.75, 3.05) is 12.4 Å². The summed E-state index contributed by atoms with van der Waals surface area (Å²) in [5.74, 6) is 1.59. The molecular formula is C17H19N3OS. The van der Waals surface area contributed by atoms with Gasteiger partial charge in [-0.2, -0.15) is 0 Å². The highest BCUT2D eigenvalue weighted by atomic mass is 32.1. The van der Waals surface area contributed by atoms with Crippen LogP contribution in [0, 0.1) is 0 Å². The van der Waals surface area contributed by atoms with Crippen LogP contribution in [0.4, 0.5) is 5.82 Å². The summed E-state index contributed by atoms with van der Waals surface area (Å²) in [5.41, 5.74) is 2.36. The predicted octanol–water partition coefficient (Wildman–Crippen LogP) is 4.33. The number of nitrogens with zero attached hydrogens (tertiary/aromatic N) is 2. The van der Waals surface area contributed by atoms with Crippen molar-refractivity contribution >= 4 is 27.4 Å². The number of ether oxygens (including phenoxy) is 1. The lowest BCUT2D eigenvalue weighted by Gasteiger charge is -2.13. The number of fused-ring (bicyclic) bond motifs is 1. The Morgan fingerprint density at radius 1 is 1.18 bits per heavy atom. The predicted molar refractivity (Wildman–Crippen MR) is 92.3 cm³/mol. The molecule has 0 saturated heterocycles. The number of hydrogen-bond donors (Lipinski definition) is 1. The van der Waals surface area contributed by atoms with Crippen LogP contribution >= 0.6 is 11.3 Å². The van der Waals surface area contributed by atoms with Crippen LogP contribution in [0.1, 0.15) is 19.7 Å². The van der Waals surface area contributed by atoms with Gasteiger partial charge >= 0.3 is 0 Å².